The normalized spacial score (nSPS) is 15.0. The Morgan fingerprint density at radius 1 is 1.37 bits per heavy atom. The summed E-state index contributed by atoms with van der Waals surface area (Å²) in [7, 11) is 2.74. The zero-order valence-corrected chi connectivity index (χ0v) is 18.9. The Morgan fingerprint density at radius 2 is 2.11 bits per heavy atom. The summed E-state index contributed by atoms with van der Waals surface area (Å²) in [5.74, 6) is 0.167. The van der Waals surface area contributed by atoms with E-state index in [1.165, 1.54) is 37.3 Å². The molecule has 3 aromatic rings. The van der Waals surface area contributed by atoms with Crippen LogP contribution in [-0.2, 0) is 20.3 Å². The van der Waals surface area contributed by atoms with Gasteiger partial charge in [0.2, 0.25) is 5.95 Å². The number of anilines is 2. The lowest BCUT2D eigenvalue weighted by molar-refractivity contribution is -0.138. The highest BCUT2D eigenvalue weighted by Gasteiger charge is 2.32. The number of hydrogen-bond donors (Lipinski definition) is 4. The molecule has 0 aromatic carbocycles. The van der Waals surface area contributed by atoms with Gasteiger partial charge in [0.05, 0.1) is 18.0 Å². The van der Waals surface area contributed by atoms with Crippen molar-refractivity contribution in [2.45, 2.75) is 6.18 Å². The van der Waals surface area contributed by atoms with Crippen molar-refractivity contribution in [2.75, 3.05) is 5.32 Å². The first-order valence-corrected chi connectivity index (χ1v) is 10.1. The highest BCUT2D eigenvalue weighted by molar-refractivity contribution is 6.36. The summed E-state index contributed by atoms with van der Waals surface area (Å²) >= 11 is 6.52. The lowest BCUT2D eigenvalue weighted by atomic mass is 10.2. The maximum atomic E-state index is 13.2. The number of amidine groups is 1. The number of pyridine rings is 2. The van der Waals surface area contributed by atoms with E-state index in [4.69, 9.17) is 27.5 Å². The number of hydrogen-bond acceptors (Lipinski definition) is 9. The molecule has 0 atom stereocenters. The monoisotopic (exact) mass is 507 g/mol. The molecule has 15 heteroatoms. The molecule has 0 saturated heterocycles. The van der Waals surface area contributed by atoms with Crippen molar-refractivity contribution in [2.24, 2.45) is 24.8 Å². The highest BCUT2D eigenvalue weighted by Crippen LogP contribution is 2.35. The van der Waals surface area contributed by atoms with Gasteiger partial charge in [-0.15, -0.1) is 0 Å². The fraction of sp³-hybridized carbons (Fsp3) is 0.150. The first kappa shape index (κ1) is 23.8. The molecule has 1 aliphatic heterocycles. The third-order valence-corrected chi connectivity index (χ3v) is 5.30. The van der Waals surface area contributed by atoms with Crippen molar-refractivity contribution in [3.63, 3.8) is 0 Å². The van der Waals surface area contributed by atoms with Crippen LogP contribution in [0.5, 0.6) is 5.75 Å². The van der Waals surface area contributed by atoms with Crippen LogP contribution in [0.25, 0.3) is 11.2 Å². The number of allylic oxidation sites excluding steroid dienone is 1. The average molecular weight is 508 g/mol. The second-order valence-corrected chi connectivity index (χ2v) is 7.62. The van der Waals surface area contributed by atoms with Gasteiger partial charge in [-0.1, -0.05) is 11.6 Å². The number of ether oxygens (including phenoxy) is 1. The molecular formula is C20H17ClF3N9O2. The first-order chi connectivity index (χ1) is 16.5. The minimum atomic E-state index is -4.65. The van der Waals surface area contributed by atoms with Crippen molar-refractivity contribution >= 4 is 46.5 Å². The van der Waals surface area contributed by atoms with Gasteiger partial charge in [-0.3, -0.25) is 4.79 Å². The molecule has 182 valence electrons. The summed E-state index contributed by atoms with van der Waals surface area (Å²) in [5, 5.41) is 13.2. The molecule has 0 spiro atoms. The second-order valence-electron chi connectivity index (χ2n) is 7.24. The van der Waals surface area contributed by atoms with E-state index in [0.717, 1.165) is 10.8 Å². The molecule has 1 aliphatic rings. The number of nitrogens with one attached hydrogen (secondary N) is 3. The Balaban J connectivity index is 1.74. The van der Waals surface area contributed by atoms with Crippen LogP contribution in [0, 0.1) is 5.41 Å². The van der Waals surface area contributed by atoms with Crippen LogP contribution >= 0.6 is 11.6 Å². The molecule has 0 aliphatic carbocycles. The first-order valence-electron chi connectivity index (χ1n) is 9.75. The topological polar surface area (TPSA) is 148 Å². The Labute approximate surface area is 199 Å². The van der Waals surface area contributed by atoms with Crippen molar-refractivity contribution < 1.29 is 17.9 Å². The van der Waals surface area contributed by atoms with Crippen LogP contribution in [0.15, 0.2) is 52.1 Å². The predicted octanol–water partition coefficient (Wildman–Crippen LogP) is 2.75. The smallest absolute Gasteiger partial charge is 0.417 e. The molecule has 0 amide bonds. The Hall–Kier alpha value is -4.33. The minimum Gasteiger partial charge on any atom is -0.450 e. The van der Waals surface area contributed by atoms with E-state index in [1.807, 2.05) is 0 Å². The van der Waals surface area contributed by atoms with E-state index in [-0.39, 0.29) is 50.9 Å². The summed E-state index contributed by atoms with van der Waals surface area (Å²) in [6, 6.07) is 0.700. The van der Waals surface area contributed by atoms with E-state index in [1.54, 1.807) is 0 Å². The van der Waals surface area contributed by atoms with Gasteiger partial charge >= 0.3 is 6.18 Å². The summed E-state index contributed by atoms with van der Waals surface area (Å²) in [6.07, 6.45) is 1.16. The van der Waals surface area contributed by atoms with E-state index < -0.39 is 17.3 Å². The number of nitrogens with two attached hydrogens (primary N) is 1. The Kier molecular flexibility index (Phi) is 5.98. The fourth-order valence-corrected chi connectivity index (χ4v) is 3.52. The molecule has 4 rings (SSSR count). The van der Waals surface area contributed by atoms with Crippen LogP contribution in [0.4, 0.5) is 24.8 Å². The number of halogens is 4. The average Bonchev–Trinajstić information content (AvgIpc) is 3.12. The van der Waals surface area contributed by atoms with Crippen molar-refractivity contribution in [1.29, 1.82) is 5.41 Å². The molecule has 0 unspecified atom stereocenters. The molecule has 0 fully saturated rings. The van der Waals surface area contributed by atoms with Gasteiger partial charge in [0, 0.05) is 32.7 Å². The molecule has 35 heavy (non-hydrogen) atoms. The number of fused-ring (bicyclic) bond motifs is 1. The molecule has 11 nitrogen and oxygen atoms in total. The van der Waals surface area contributed by atoms with E-state index in [0.29, 0.717) is 12.3 Å². The number of nitrogens with zero attached hydrogens (tertiary/aromatic N) is 5. The molecular weight excluding hydrogens is 491 g/mol. The van der Waals surface area contributed by atoms with Crippen LogP contribution < -0.4 is 26.7 Å². The van der Waals surface area contributed by atoms with Gasteiger partial charge in [0.15, 0.2) is 23.0 Å². The molecule has 0 bridgehead atoms. The quantitative estimate of drug-likeness (QED) is 0.306. The van der Waals surface area contributed by atoms with Gasteiger partial charge in [0.1, 0.15) is 21.9 Å². The Bertz CT molecular complexity index is 1500. The van der Waals surface area contributed by atoms with Crippen molar-refractivity contribution in [1.82, 2.24) is 24.4 Å². The lowest BCUT2D eigenvalue weighted by Gasteiger charge is -2.15. The zero-order chi connectivity index (χ0) is 25.5. The van der Waals surface area contributed by atoms with Gasteiger partial charge in [-0.2, -0.15) is 18.2 Å². The van der Waals surface area contributed by atoms with Gasteiger partial charge < -0.3 is 35.6 Å². The van der Waals surface area contributed by atoms with Gasteiger partial charge in [0.25, 0.3) is 5.56 Å². The standard InChI is InChI=1S/C20H17ClF3N9O2/c1-32-8-9(20(22,23)24)5-10(18(32)34)30-19-31-17-15(33(19)2)13(21)12(7-29-17)35-11(6-25)14-16(26)28-4-3-27-14/h3-8,25,27H,1-2H3,(H2,26,28)(H,29,30,31)/b14-11+,25-6?. The van der Waals surface area contributed by atoms with Crippen molar-refractivity contribution in [3.8, 4) is 5.75 Å². The minimum absolute atomic E-state index is 0.00614. The molecule has 4 heterocycles. The highest BCUT2D eigenvalue weighted by atomic mass is 35.5. The summed E-state index contributed by atoms with van der Waals surface area (Å²) < 4.78 is 47.6. The summed E-state index contributed by atoms with van der Waals surface area (Å²) in [6.45, 7) is 0. The van der Waals surface area contributed by atoms with E-state index in [2.05, 4.69) is 25.6 Å². The maximum Gasteiger partial charge on any atom is 0.417 e. The third kappa shape index (κ3) is 4.42. The molecule has 0 radical (unpaired) electrons. The van der Waals surface area contributed by atoms with Gasteiger partial charge in [-0.25, -0.2) is 9.98 Å². The van der Waals surface area contributed by atoms with Crippen molar-refractivity contribution in [3.05, 3.63) is 63.3 Å². The fourth-order valence-electron chi connectivity index (χ4n) is 3.22. The number of aromatic nitrogens is 4. The predicted molar refractivity (Wildman–Crippen MR) is 124 cm³/mol. The van der Waals surface area contributed by atoms with Gasteiger partial charge in [-0.05, 0) is 6.07 Å². The molecule has 0 saturated carbocycles. The molecule has 3 aromatic heterocycles. The summed E-state index contributed by atoms with van der Waals surface area (Å²) in [5.41, 5.74) is 4.44. The molecule has 5 N–H and O–H groups in total. The third-order valence-electron chi connectivity index (χ3n) is 4.93. The lowest BCUT2D eigenvalue weighted by Crippen LogP contribution is -2.28. The maximum absolute atomic E-state index is 13.2. The Morgan fingerprint density at radius 3 is 2.77 bits per heavy atom. The van der Waals surface area contributed by atoms with E-state index >= 15 is 0 Å². The summed E-state index contributed by atoms with van der Waals surface area (Å²) in [4.78, 5) is 24.7. The SMILES string of the molecule is Cn1cc(C(F)(F)F)cc(Nc2nc3ncc(O/C(C=N)=C4/NC=CN=C4N)c(Cl)c3n2C)c1=O. The van der Waals surface area contributed by atoms with E-state index in [9.17, 15) is 18.0 Å². The second kappa shape index (κ2) is 8.79. The number of alkyl halides is 3. The number of rotatable bonds is 5. The van der Waals surface area contributed by atoms with Crippen LogP contribution in [0.3, 0.4) is 0 Å². The van der Waals surface area contributed by atoms with Crippen LogP contribution in [-0.4, -0.2) is 31.2 Å². The van der Waals surface area contributed by atoms with Crippen LogP contribution in [0.1, 0.15) is 5.56 Å². The van der Waals surface area contributed by atoms with Crippen LogP contribution in [0.2, 0.25) is 5.02 Å². The number of imidazole rings is 1. The zero-order valence-electron chi connectivity index (χ0n) is 18.1. The number of aryl methyl sites for hydroxylation is 2. The number of aliphatic imine (C=N–C) groups is 1. The largest absolute Gasteiger partial charge is 0.450 e.